The van der Waals surface area contributed by atoms with Crippen LogP contribution < -0.4 is 68.9 Å². The van der Waals surface area contributed by atoms with Gasteiger partial charge in [0.2, 0.25) is 0 Å². The molecule has 1 saturated heterocycles. The summed E-state index contributed by atoms with van der Waals surface area (Å²) in [6.07, 6.45) is -4.01. The minimum absolute atomic E-state index is 0. The zero-order valence-corrected chi connectivity index (χ0v) is 15.7. The fourth-order valence-corrected chi connectivity index (χ4v) is 1.58. The van der Waals surface area contributed by atoms with Crippen molar-refractivity contribution < 1.29 is 86.9 Å². The van der Waals surface area contributed by atoms with E-state index in [0.717, 1.165) is 17.9 Å². The molecule has 1 fully saturated rings. The van der Waals surface area contributed by atoms with Gasteiger partial charge in [0.05, 0.1) is 0 Å². The molecule has 0 radical (unpaired) electrons. The molecule has 0 bridgehead atoms. The van der Waals surface area contributed by atoms with E-state index in [9.17, 15) is 18.0 Å². The van der Waals surface area contributed by atoms with E-state index in [1.807, 2.05) is 4.90 Å². The Morgan fingerprint density at radius 2 is 1.69 bits per heavy atom. The number of halogens is 3. The van der Waals surface area contributed by atoms with Crippen LogP contribution in [0.5, 0.6) is 0 Å². The molecule has 0 aromatic carbocycles. The molecule has 88 valence electrons. The molecular weight excluding hydrogens is 342 g/mol. The molecule has 0 aromatic heterocycles. The number of rotatable bonds is 2. The third-order valence-electron chi connectivity index (χ3n) is 2.38. The van der Waals surface area contributed by atoms with Gasteiger partial charge in [0.1, 0.15) is 0 Å². The van der Waals surface area contributed by atoms with Gasteiger partial charge in [-0.1, -0.05) is 0 Å². The van der Waals surface area contributed by atoms with Crippen molar-refractivity contribution in [3.63, 3.8) is 0 Å². The predicted molar refractivity (Wildman–Crippen MR) is 49.0 cm³/mol. The smallest absolute Gasteiger partial charge is 0.342 e. The van der Waals surface area contributed by atoms with E-state index in [1.165, 1.54) is 0 Å². The molecule has 1 aliphatic rings. The van der Waals surface area contributed by atoms with Gasteiger partial charge < -0.3 is 16.7 Å². The van der Waals surface area contributed by atoms with E-state index in [4.69, 9.17) is 0 Å². The van der Waals surface area contributed by atoms with E-state index >= 15 is 0 Å². The Bertz CT molecular complexity index is 227. The number of amides is 1. The van der Waals surface area contributed by atoms with Crippen molar-refractivity contribution in [2.75, 3.05) is 32.7 Å². The van der Waals surface area contributed by atoms with Crippen molar-refractivity contribution in [2.24, 2.45) is 0 Å². The third-order valence-corrected chi connectivity index (χ3v) is 2.38. The average Bonchev–Trinajstić information content (AvgIpc) is 2.17. The summed E-state index contributed by atoms with van der Waals surface area (Å²) in [5.74, 6) is -1.73. The molecule has 1 amide bonds. The van der Waals surface area contributed by atoms with Gasteiger partial charge in [-0.15, -0.1) is 0 Å². The maximum atomic E-state index is 12.1. The van der Waals surface area contributed by atoms with Crippen LogP contribution in [0.3, 0.4) is 0 Å². The second kappa shape index (κ2) is 7.65. The molecule has 0 spiro atoms. The van der Waals surface area contributed by atoms with Crippen LogP contribution in [0.25, 0.3) is 0 Å². The third kappa shape index (κ3) is 5.28. The number of carbonyl (C=O) groups is 1. The van der Waals surface area contributed by atoms with Crippen LogP contribution in [0.2, 0.25) is 0 Å². The van der Waals surface area contributed by atoms with E-state index in [1.54, 1.807) is 0 Å². The Hall–Kier alpha value is 1.27. The molecule has 0 atom stereocenters. The number of piperazine rings is 1. The van der Waals surface area contributed by atoms with Gasteiger partial charge in [-0.3, -0.25) is 4.79 Å². The van der Waals surface area contributed by atoms with Crippen molar-refractivity contribution in [3.05, 3.63) is 6.92 Å². The quantitative estimate of drug-likeness (QED) is 0.531. The maximum Gasteiger partial charge on any atom is 1.00 e. The van der Waals surface area contributed by atoms with Gasteiger partial charge in [0, 0.05) is 26.2 Å². The molecule has 1 heterocycles. The van der Waals surface area contributed by atoms with Crippen molar-refractivity contribution in [1.82, 2.24) is 9.80 Å². The Labute approximate surface area is 152 Å². The Balaban J connectivity index is 0.00000225. The molecule has 7 heteroatoms. The predicted octanol–water partition coefficient (Wildman–Crippen LogP) is -2.08. The van der Waals surface area contributed by atoms with Crippen molar-refractivity contribution in [3.8, 4) is 0 Å². The van der Waals surface area contributed by atoms with E-state index in [2.05, 4.69) is 6.92 Å². The van der Waals surface area contributed by atoms with Crippen LogP contribution in [0.15, 0.2) is 0 Å². The first-order chi connectivity index (χ1) is 6.95. The maximum absolute atomic E-state index is 12.1. The van der Waals surface area contributed by atoms with E-state index in [0.29, 0.717) is 13.1 Å². The molecule has 1 rings (SSSR count). The van der Waals surface area contributed by atoms with Gasteiger partial charge in [-0.25, -0.2) is 0 Å². The zero-order chi connectivity index (χ0) is 11.5. The molecule has 3 nitrogen and oxygen atoms in total. The van der Waals surface area contributed by atoms with Gasteiger partial charge in [0.25, 0.3) is 0 Å². The number of nitrogens with zero attached hydrogens (tertiary/aromatic N) is 2. The summed E-state index contributed by atoms with van der Waals surface area (Å²) in [6, 6.07) is 0. The van der Waals surface area contributed by atoms with E-state index in [-0.39, 0.29) is 82.0 Å². The Morgan fingerprint density at radius 1 is 1.19 bits per heavy atom. The molecule has 16 heavy (non-hydrogen) atoms. The normalized spacial score (nSPS) is 18.1. The number of carbonyl (C=O) groups excluding carboxylic acids is 1. The first-order valence-electron chi connectivity index (χ1n) is 4.83. The summed E-state index contributed by atoms with van der Waals surface area (Å²) in [4.78, 5) is 13.7. The summed E-state index contributed by atoms with van der Waals surface area (Å²) < 4.78 is 36.2. The monoisotopic (exact) mass is 356 g/mol. The molecule has 0 aliphatic carbocycles. The minimum Gasteiger partial charge on any atom is -0.342 e. The molecule has 1 aliphatic heterocycles. The standard InChI is InChI=1S/C9H14F3N2O.Cs/c1-2-3-13-4-6-14(7-5-13)8(15)9(10,11)12;/h1-7H2;/q-1;+1. The number of hydrogen-bond donors (Lipinski definition) is 0. The Kier molecular flexibility index (Phi) is 8.26. The van der Waals surface area contributed by atoms with Crippen LogP contribution in [-0.2, 0) is 4.79 Å². The summed E-state index contributed by atoms with van der Waals surface area (Å²) >= 11 is 0. The van der Waals surface area contributed by atoms with E-state index < -0.39 is 12.1 Å². The minimum atomic E-state index is -4.74. The second-order valence-corrected chi connectivity index (χ2v) is 3.49. The number of alkyl halides is 3. The molecule has 0 aromatic rings. The topological polar surface area (TPSA) is 23.6 Å². The van der Waals surface area contributed by atoms with Crippen molar-refractivity contribution >= 4 is 5.91 Å². The fourth-order valence-electron chi connectivity index (χ4n) is 1.58. The molecule has 0 N–H and O–H groups in total. The summed E-state index contributed by atoms with van der Waals surface area (Å²) in [5.41, 5.74) is 0. The molecule has 0 saturated carbocycles. The van der Waals surface area contributed by atoms with Gasteiger partial charge in [-0.05, 0) is 6.54 Å². The summed E-state index contributed by atoms with van der Waals surface area (Å²) in [5, 5.41) is 0. The summed E-state index contributed by atoms with van der Waals surface area (Å²) in [6.45, 7) is 5.74. The fraction of sp³-hybridized carbons (Fsp3) is 0.778. The number of hydrogen-bond acceptors (Lipinski definition) is 2. The first kappa shape index (κ1) is 17.3. The molecular formula is C9H14CsF3N2O. The van der Waals surface area contributed by atoms with Crippen LogP contribution in [0, 0.1) is 6.92 Å². The SMILES string of the molecule is [CH2-]CCN1CCN(C(=O)C(F)(F)F)CC1.[Cs+]. The van der Waals surface area contributed by atoms with Crippen molar-refractivity contribution in [1.29, 1.82) is 0 Å². The van der Waals surface area contributed by atoms with Gasteiger partial charge in [-0.2, -0.15) is 19.6 Å². The van der Waals surface area contributed by atoms with Crippen molar-refractivity contribution in [2.45, 2.75) is 12.6 Å². The second-order valence-electron chi connectivity index (χ2n) is 3.49. The summed E-state index contributed by atoms with van der Waals surface area (Å²) in [7, 11) is 0. The largest absolute Gasteiger partial charge is 1.00 e. The first-order valence-corrected chi connectivity index (χ1v) is 4.83. The average molecular weight is 356 g/mol. The zero-order valence-electron chi connectivity index (χ0n) is 9.39. The molecule has 0 unspecified atom stereocenters. The van der Waals surface area contributed by atoms with Crippen LogP contribution in [0.1, 0.15) is 6.42 Å². The van der Waals surface area contributed by atoms with Gasteiger partial charge in [0.15, 0.2) is 0 Å². The van der Waals surface area contributed by atoms with Crippen LogP contribution in [-0.4, -0.2) is 54.6 Å². The van der Waals surface area contributed by atoms with Crippen LogP contribution >= 0.6 is 0 Å². The van der Waals surface area contributed by atoms with Crippen LogP contribution in [0.4, 0.5) is 13.2 Å². The Morgan fingerprint density at radius 3 is 2.06 bits per heavy atom. The van der Waals surface area contributed by atoms with Gasteiger partial charge >= 0.3 is 81.0 Å².